The first-order valence-electron chi connectivity index (χ1n) is 6.19. The maximum absolute atomic E-state index is 11.9. The van der Waals surface area contributed by atoms with Crippen molar-refractivity contribution in [2.75, 3.05) is 5.32 Å². The van der Waals surface area contributed by atoms with Gasteiger partial charge in [-0.1, -0.05) is 60.7 Å². The summed E-state index contributed by atoms with van der Waals surface area (Å²) in [5.74, 6) is -0.0253. The van der Waals surface area contributed by atoms with Crippen molar-refractivity contribution >= 4 is 28.7 Å². The number of Topliss-reactive ketones (excluding diaryl/α,β-unsaturated/α-hetero) is 1. The Morgan fingerprint density at radius 1 is 0.947 bits per heavy atom. The highest BCUT2D eigenvalue weighted by Gasteiger charge is 2.09. The van der Waals surface area contributed by atoms with E-state index in [9.17, 15) is 4.79 Å². The molecule has 0 bridgehead atoms. The van der Waals surface area contributed by atoms with Crippen molar-refractivity contribution in [3.8, 4) is 0 Å². The predicted molar refractivity (Wildman–Crippen MR) is 82.4 cm³/mol. The van der Waals surface area contributed by atoms with Gasteiger partial charge in [0.25, 0.3) is 0 Å². The van der Waals surface area contributed by atoms with Gasteiger partial charge < -0.3 is 5.32 Å². The summed E-state index contributed by atoms with van der Waals surface area (Å²) in [6.07, 6.45) is 1.15. The van der Waals surface area contributed by atoms with Gasteiger partial charge in [-0.3, -0.25) is 4.79 Å². The number of para-hydroxylation sites is 1. The molecule has 1 N–H and O–H groups in total. The lowest BCUT2D eigenvalue weighted by Crippen LogP contribution is -2.20. The Morgan fingerprint density at radius 3 is 2.16 bits per heavy atom. The molecule has 0 heterocycles. The van der Waals surface area contributed by atoms with Crippen molar-refractivity contribution in [3.63, 3.8) is 0 Å². The van der Waals surface area contributed by atoms with Gasteiger partial charge in [0, 0.05) is 12.1 Å². The van der Waals surface area contributed by atoms with Crippen LogP contribution in [-0.4, -0.2) is 10.8 Å². The summed E-state index contributed by atoms with van der Waals surface area (Å²) in [6.45, 7) is 0. The number of nitrogens with one attached hydrogen (secondary N) is 1. The molecular formula is C16H15NOS. The zero-order chi connectivity index (χ0) is 13.5. The average Bonchev–Trinajstić information content (AvgIpc) is 2.47. The number of carbonyl (C=O) groups excluding carboxylic acids is 1. The molecule has 0 saturated carbocycles. The van der Waals surface area contributed by atoms with Gasteiger partial charge >= 0.3 is 0 Å². The number of hydrogen-bond donors (Lipinski definition) is 1. The minimum Gasteiger partial charge on any atom is -0.344 e. The first-order chi connectivity index (χ1) is 9.25. The lowest BCUT2D eigenvalue weighted by Gasteiger charge is -2.06. The van der Waals surface area contributed by atoms with Gasteiger partial charge in [-0.15, -0.1) is 0 Å². The molecule has 0 aliphatic carbocycles. The summed E-state index contributed by atoms with van der Waals surface area (Å²) in [7, 11) is 0. The van der Waals surface area contributed by atoms with Gasteiger partial charge in [-0.05, 0) is 24.1 Å². The van der Waals surface area contributed by atoms with E-state index in [2.05, 4.69) is 5.32 Å². The van der Waals surface area contributed by atoms with E-state index in [4.69, 9.17) is 12.2 Å². The minimum atomic E-state index is -0.0253. The third kappa shape index (κ3) is 4.30. The topological polar surface area (TPSA) is 29.1 Å². The Kier molecular flexibility index (Phi) is 4.81. The second-order valence-corrected chi connectivity index (χ2v) is 4.64. The monoisotopic (exact) mass is 269 g/mol. The van der Waals surface area contributed by atoms with Crippen LogP contribution in [-0.2, 0) is 11.2 Å². The van der Waals surface area contributed by atoms with Crippen molar-refractivity contribution < 1.29 is 4.79 Å². The molecule has 96 valence electrons. The number of aryl methyl sites for hydroxylation is 1. The van der Waals surface area contributed by atoms with Crippen LogP contribution in [0.15, 0.2) is 60.7 Å². The van der Waals surface area contributed by atoms with Crippen LogP contribution in [0.5, 0.6) is 0 Å². The molecule has 0 aliphatic heterocycles. The summed E-state index contributed by atoms with van der Waals surface area (Å²) in [5, 5.41) is 2.96. The van der Waals surface area contributed by atoms with Crippen LogP contribution in [0.1, 0.15) is 12.0 Å². The Bertz CT molecular complexity index is 551. The summed E-state index contributed by atoms with van der Waals surface area (Å²) in [4.78, 5) is 12.2. The van der Waals surface area contributed by atoms with E-state index >= 15 is 0 Å². The van der Waals surface area contributed by atoms with E-state index in [1.807, 2.05) is 60.7 Å². The molecule has 2 nitrogen and oxygen atoms in total. The van der Waals surface area contributed by atoms with Gasteiger partial charge in [-0.2, -0.15) is 0 Å². The van der Waals surface area contributed by atoms with Crippen molar-refractivity contribution in [1.82, 2.24) is 0 Å². The molecule has 19 heavy (non-hydrogen) atoms. The third-order valence-corrected chi connectivity index (χ3v) is 3.10. The summed E-state index contributed by atoms with van der Waals surface area (Å²) < 4.78 is 0. The maximum Gasteiger partial charge on any atom is 0.190 e. The number of hydrogen-bond acceptors (Lipinski definition) is 2. The second kappa shape index (κ2) is 6.81. The van der Waals surface area contributed by atoms with Crippen LogP contribution in [0.4, 0.5) is 5.69 Å². The molecule has 0 saturated heterocycles. The molecule has 0 aromatic heterocycles. The molecule has 0 fully saturated rings. The summed E-state index contributed by atoms with van der Waals surface area (Å²) >= 11 is 5.11. The first-order valence-corrected chi connectivity index (χ1v) is 6.59. The van der Waals surface area contributed by atoms with Gasteiger partial charge in [0.1, 0.15) is 4.99 Å². The average molecular weight is 269 g/mol. The first kappa shape index (κ1) is 13.4. The molecule has 0 radical (unpaired) electrons. The highest BCUT2D eigenvalue weighted by atomic mass is 32.1. The van der Waals surface area contributed by atoms with Crippen LogP contribution < -0.4 is 5.32 Å². The van der Waals surface area contributed by atoms with Crippen molar-refractivity contribution in [2.24, 2.45) is 0 Å². The normalized spacial score (nSPS) is 9.89. The molecule has 0 atom stereocenters. The van der Waals surface area contributed by atoms with Gasteiger partial charge in [0.05, 0.1) is 0 Å². The van der Waals surface area contributed by atoms with Crippen LogP contribution in [0, 0.1) is 0 Å². The molecule has 0 aliphatic rings. The minimum absolute atomic E-state index is 0.0253. The van der Waals surface area contributed by atoms with Gasteiger partial charge in [0.15, 0.2) is 5.78 Å². The van der Waals surface area contributed by atoms with E-state index in [1.165, 1.54) is 0 Å². The molecular weight excluding hydrogens is 254 g/mol. The predicted octanol–water partition coefficient (Wildman–Crippen LogP) is 3.63. The van der Waals surface area contributed by atoms with E-state index in [0.717, 1.165) is 17.7 Å². The van der Waals surface area contributed by atoms with Crippen LogP contribution in [0.3, 0.4) is 0 Å². The molecule has 0 amide bonds. The quantitative estimate of drug-likeness (QED) is 0.840. The zero-order valence-corrected chi connectivity index (χ0v) is 11.3. The maximum atomic E-state index is 11.9. The Labute approximate surface area is 118 Å². The fourth-order valence-corrected chi connectivity index (χ4v) is 1.96. The van der Waals surface area contributed by atoms with Crippen molar-refractivity contribution in [1.29, 1.82) is 0 Å². The summed E-state index contributed by atoms with van der Waals surface area (Å²) in [5.41, 5.74) is 2.00. The van der Waals surface area contributed by atoms with E-state index < -0.39 is 0 Å². The largest absolute Gasteiger partial charge is 0.344 e. The van der Waals surface area contributed by atoms with E-state index in [1.54, 1.807) is 0 Å². The molecule has 2 rings (SSSR count). The van der Waals surface area contributed by atoms with Crippen LogP contribution >= 0.6 is 12.2 Å². The fraction of sp³-hybridized carbons (Fsp3) is 0.125. The molecule has 0 unspecified atom stereocenters. The second-order valence-electron chi connectivity index (χ2n) is 4.23. The van der Waals surface area contributed by atoms with Crippen molar-refractivity contribution in [2.45, 2.75) is 12.8 Å². The lowest BCUT2D eigenvalue weighted by atomic mass is 10.1. The smallest absolute Gasteiger partial charge is 0.190 e. The Balaban J connectivity index is 1.85. The molecule has 0 spiro atoms. The lowest BCUT2D eigenvalue weighted by molar-refractivity contribution is -0.112. The number of rotatable bonds is 5. The molecule has 3 heteroatoms. The fourth-order valence-electron chi connectivity index (χ4n) is 1.74. The Hall–Kier alpha value is -2.00. The number of anilines is 1. The highest BCUT2D eigenvalue weighted by molar-refractivity contribution is 7.82. The molecule has 2 aromatic carbocycles. The van der Waals surface area contributed by atoms with Crippen LogP contribution in [0.25, 0.3) is 0 Å². The number of thiocarbonyl (C=S) groups is 1. The van der Waals surface area contributed by atoms with E-state index in [-0.39, 0.29) is 10.8 Å². The SMILES string of the molecule is O=C(CCc1ccccc1)C(=S)Nc1ccccc1. The van der Waals surface area contributed by atoms with Crippen molar-refractivity contribution in [3.05, 3.63) is 66.2 Å². The number of carbonyl (C=O) groups is 1. The summed E-state index contributed by atoms with van der Waals surface area (Å²) in [6, 6.07) is 19.4. The number of ketones is 1. The number of benzene rings is 2. The van der Waals surface area contributed by atoms with Gasteiger partial charge in [0.2, 0.25) is 0 Å². The Morgan fingerprint density at radius 2 is 1.53 bits per heavy atom. The third-order valence-electron chi connectivity index (χ3n) is 2.77. The van der Waals surface area contributed by atoms with E-state index in [0.29, 0.717) is 6.42 Å². The highest BCUT2D eigenvalue weighted by Crippen LogP contribution is 2.07. The standard InChI is InChI=1S/C16H15NOS/c18-15(12-11-13-7-3-1-4-8-13)16(19)17-14-9-5-2-6-10-14/h1-10H,11-12H2,(H,17,19). The van der Waals surface area contributed by atoms with Gasteiger partial charge in [-0.25, -0.2) is 0 Å². The van der Waals surface area contributed by atoms with Crippen LogP contribution in [0.2, 0.25) is 0 Å². The molecule has 2 aromatic rings. The zero-order valence-electron chi connectivity index (χ0n) is 10.5.